The second kappa shape index (κ2) is 8.04. The molecule has 0 spiro atoms. The Bertz CT molecular complexity index is 704. The molecule has 0 amide bonds. The lowest BCUT2D eigenvalue weighted by Gasteiger charge is -2.33. The summed E-state index contributed by atoms with van der Waals surface area (Å²) in [5.74, 6) is 1.35. The second-order valence-corrected chi connectivity index (χ2v) is 7.85. The van der Waals surface area contributed by atoms with Crippen LogP contribution in [0.25, 0.3) is 5.57 Å². The van der Waals surface area contributed by atoms with Crippen LogP contribution in [0, 0.1) is 5.92 Å². The van der Waals surface area contributed by atoms with Crippen molar-refractivity contribution in [3.63, 3.8) is 0 Å². The first-order chi connectivity index (χ1) is 12.4. The Labute approximate surface area is 153 Å². The zero-order valence-corrected chi connectivity index (χ0v) is 15.3. The molecule has 130 valence electrons. The maximum absolute atomic E-state index is 2.51. The van der Waals surface area contributed by atoms with Gasteiger partial charge in [0.1, 0.15) is 0 Å². The minimum absolute atomic E-state index is 0.556. The molecule has 25 heavy (non-hydrogen) atoms. The van der Waals surface area contributed by atoms with Gasteiger partial charge in [-0.15, -0.1) is 0 Å². The maximum Gasteiger partial charge on any atom is 0.0124 e. The minimum Gasteiger partial charge on any atom is -0.0807 e. The van der Waals surface area contributed by atoms with Gasteiger partial charge in [0.25, 0.3) is 0 Å². The molecule has 1 atom stereocenters. The summed E-state index contributed by atoms with van der Waals surface area (Å²) in [5.41, 5.74) is 6.22. The van der Waals surface area contributed by atoms with Gasteiger partial charge in [0, 0.05) is 5.92 Å². The van der Waals surface area contributed by atoms with Crippen molar-refractivity contribution in [1.29, 1.82) is 0 Å². The first-order valence-corrected chi connectivity index (χ1v) is 10.3. The highest BCUT2D eigenvalue weighted by Crippen LogP contribution is 2.43. The molecular weight excluding hydrogens is 300 g/mol. The largest absolute Gasteiger partial charge is 0.0807 e. The third kappa shape index (κ3) is 3.73. The summed E-state index contributed by atoms with van der Waals surface area (Å²) < 4.78 is 0. The van der Waals surface area contributed by atoms with Crippen molar-refractivity contribution in [2.24, 2.45) is 5.92 Å². The van der Waals surface area contributed by atoms with Gasteiger partial charge >= 0.3 is 0 Å². The fourth-order valence-corrected chi connectivity index (χ4v) is 4.98. The van der Waals surface area contributed by atoms with Crippen molar-refractivity contribution in [3.8, 4) is 0 Å². The Balaban J connectivity index is 1.78. The van der Waals surface area contributed by atoms with Gasteiger partial charge in [-0.3, -0.25) is 0 Å². The van der Waals surface area contributed by atoms with Gasteiger partial charge in [-0.2, -0.15) is 0 Å². The molecule has 0 aliphatic heterocycles. The molecule has 4 rings (SSSR count). The second-order valence-electron chi connectivity index (χ2n) is 7.85. The van der Waals surface area contributed by atoms with Crippen LogP contribution >= 0.6 is 0 Å². The van der Waals surface area contributed by atoms with Crippen molar-refractivity contribution in [2.45, 2.75) is 63.7 Å². The number of rotatable bonds is 4. The minimum atomic E-state index is 0.556. The molecule has 0 bridgehead atoms. The lowest BCUT2D eigenvalue weighted by Crippen LogP contribution is -2.19. The summed E-state index contributed by atoms with van der Waals surface area (Å²) in [7, 11) is 0. The van der Waals surface area contributed by atoms with E-state index in [1.807, 2.05) is 0 Å². The van der Waals surface area contributed by atoms with Crippen molar-refractivity contribution >= 4 is 5.57 Å². The molecule has 2 aromatic rings. The van der Waals surface area contributed by atoms with Crippen LogP contribution in [0.15, 0.2) is 60.7 Å². The zero-order chi connectivity index (χ0) is 16.9. The summed E-state index contributed by atoms with van der Waals surface area (Å²) in [6.45, 7) is 0. The van der Waals surface area contributed by atoms with Crippen molar-refractivity contribution < 1.29 is 0 Å². The molecule has 1 fully saturated rings. The van der Waals surface area contributed by atoms with Crippen LogP contribution in [0.4, 0.5) is 0 Å². The quantitative estimate of drug-likeness (QED) is 0.549. The van der Waals surface area contributed by atoms with E-state index in [9.17, 15) is 0 Å². The monoisotopic (exact) mass is 330 g/mol. The molecule has 0 heterocycles. The van der Waals surface area contributed by atoms with Crippen LogP contribution in [0.5, 0.6) is 0 Å². The molecule has 0 aromatic heterocycles. The summed E-state index contributed by atoms with van der Waals surface area (Å²) in [5, 5.41) is 0. The summed E-state index contributed by atoms with van der Waals surface area (Å²) in [6.07, 6.45) is 14.7. The average molecular weight is 331 g/mol. The van der Waals surface area contributed by atoms with E-state index in [1.165, 1.54) is 68.9 Å². The van der Waals surface area contributed by atoms with Crippen LogP contribution in [-0.4, -0.2) is 0 Å². The van der Waals surface area contributed by atoms with Gasteiger partial charge < -0.3 is 0 Å². The summed E-state index contributed by atoms with van der Waals surface area (Å²) in [4.78, 5) is 0. The molecule has 2 aliphatic carbocycles. The van der Waals surface area contributed by atoms with E-state index < -0.39 is 0 Å². The van der Waals surface area contributed by atoms with Crippen LogP contribution in [0.2, 0.25) is 0 Å². The Morgan fingerprint density at radius 2 is 1.48 bits per heavy atom. The highest BCUT2D eigenvalue weighted by atomic mass is 14.3. The molecule has 0 nitrogen and oxygen atoms in total. The van der Waals surface area contributed by atoms with E-state index in [1.54, 1.807) is 11.1 Å². The molecule has 0 N–H and O–H groups in total. The lowest BCUT2D eigenvalue weighted by molar-refractivity contribution is 0.327. The predicted molar refractivity (Wildman–Crippen MR) is 108 cm³/mol. The smallest absolute Gasteiger partial charge is 0.0124 e. The number of allylic oxidation sites excluding steroid dienone is 2. The average Bonchev–Trinajstić information content (AvgIpc) is 2.71. The first kappa shape index (κ1) is 16.6. The molecule has 0 heteroatoms. The summed E-state index contributed by atoms with van der Waals surface area (Å²) in [6, 6.07) is 20.6. The van der Waals surface area contributed by atoms with Gasteiger partial charge in [0.15, 0.2) is 0 Å². The van der Waals surface area contributed by atoms with Gasteiger partial charge in [-0.05, 0) is 66.7 Å². The standard InChI is InChI=1S/C25H30/c1-4-12-20(13-5-1)23-18-10-11-19-24(23)25(21-14-6-2-7-15-21)22-16-8-3-9-17-22/h2,6-7,10-12,14-15,18-19,22,25H,1,3-5,8-9,13,16-17H2. The highest BCUT2D eigenvalue weighted by molar-refractivity contribution is 5.70. The zero-order valence-electron chi connectivity index (χ0n) is 15.3. The Morgan fingerprint density at radius 3 is 2.24 bits per heavy atom. The van der Waals surface area contributed by atoms with Crippen LogP contribution < -0.4 is 0 Å². The maximum atomic E-state index is 2.51. The summed E-state index contributed by atoms with van der Waals surface area (Å²) >= 11 is 0. The van der Waals surface area contributed by atoms with Crippen LogP contribution in [-0.2, 0) is 0 Å². The molecule has 1 saturated carbocycles. The lowest BCUT2D eigenvalue weighted by atomic mass is 9.71. The highest BCUT2D eigenvalue weighted by Gasteiger charge is 2.28. The van der Waals surface area contributed by atoms with Crippen molar-refractivity contribution in [2.75, 3.05) is 0 Å². The van der Waals surface area contributed by atoms with Crippen molar-refractivity contribution in [3.05, 3.63) is 77.4 Å². The number of hydrogen-bond acceptors (Lipinski definition) is 0. The number of benzene rings is 2. The molecule has 1 unspecified atom stereocenters. The topological polar surface area (TPSA) is 0 Å². The van der Waals surface area contributed by atoms with Crippen LogP contribution in [0.3, 0.4) is 0 Å². The Hall–Kier alpha value is -1.82. The van der Waals surface area contributed by atoms with Gasteiger partial charge in [-0.1, -0.05) is 79.9 Å². The first-order valence-electron chi connectivity index (χ1n) is 10.3. The van der Waals surface area contributed by atoms with Gasteiger partial charge in [0.05, 0.1) is 0 Å². The Kier molecular flexibility index (Phi) is 5.35. The Morgan fingerprint density at radius 1 is 0.720 bits per heavy atom. The fraction of sp³-hybridized carbons (Fsp3) is 0.440. The van der Waals surface area contributed by atoms with E-state index in [4.69, 9.17) is 0 Å². The molecule has 2 aliphatic rings. The van der Waals surface area contributed by atoms with Gasteiger partial charge in [-0.25, -0.2) is 0 Å². The fourth-order valence-electron chi connectivity index (χ4n) is 4.98. The third-order valence-electron chi connectivity index (χ3n) is 6.21. The van der Waals surface area contributed by atoms with E-state index in [0.717, 1.165) is 5.92 Å². The predicted octanol–water partition coefficient (Wildman–Crippen LogP) is 7.36. The van der Waals surface area contributed by atoms with Crippen LogP contribution in [0.1, 0.15) is 80.4 Å². The van der Waals surface area contributed by atoms with E-state index >= 15 is 0 Å². The van der Waals surface area contributed by atoms with Crippen molar-refractivity contribution in [1.82, 2.24) is 0 Å². The molecule has 0 radical (unpaired) electrons. The van der Waals surface area contributed by atoms with E-state index in [2.05, 4.69) is 60.7 Å². The third-order valence-corrected chi connectivity index (χ3v) is 6.21. The molecule has 0 saturated heterocycles. The van der Waals surface area contributed by atoms with E-state index in [-0.39, 0.29) is 0 Å². The SMILES string of the molecule is C1=C(c2ccccc2C(c2ccccc2)C2CCCCC2)CCCC1. The van der Waals surface area contributed by atoms with E-state index in [0.29, 0.717) is 5.92 Å². The normalized spacial score (nSPS) is 20.1. The molecular formula is C25H30. The van der Waals surface area contributed by atoms with Gasteiger partial charge in [0.2, 0.25) is 0 Å². The number of hydrogen-bond donors (Lipinski definition) is 0. The molecule has 2 aromatic carbocycles.